The molecule has 0 atom stereocenters. The van der Waals surface area contributed by atoms with Gasteiger partial charge in [-0.1, -0.05) is 6.92 Å². The summed E-state index contributed by atoms with van der Waals surface area (Å²) in [7, 11) is 0. The molecule has 0 heterocycles. The van der Waals surface area contributed by atoms with Crippen LogP contribution in [0.2, 0.25) is 0 Å². The van der Waals surface area contributed by atoms with E-state index < -0.39 is 0 Å². The monoisotopic (exact) mass is 144 g/mol. The molecule has 0 aromatic carbocycles. The van der Waals surface area contributed by atoms with E-state index in [9.17, 15) is 4.79 Å². The Balaban J connectivity index is 3.74. The summed E-state index contributed by atoms with van der Waals surface area (Å²) in [5.41, 5.74) is 4.88. The Morgan fingerprint density at radius 3 is 2.40 bits per heavy atom. The minimum Gasteiger partial charge on any atom is -0.370 e. The molecule has 3 N–H and O–H groups in total. The van der Waals surface area contributed by atoms with Gasteiger partial charge in [-0.15, -0.1) is 0 Å². The van der Waals surface area contributed by atoms with Gasteiger partial charge < -0.3 is 11.1 Å². The van der Waals surface area contributed by atoms with E-state index in [2.05, 4.69) is 5.32 Å². The lowest BCUT2D eigenvalue weighted by Gasteiger charge is -2.23. The normalized spacial score (nSPS) is 11.5. The summed E-state index contributed by atoms with van der Waals surface area (Å²) in [6.45, 7) is 6.78. The van der Waals surface area contributed by atoms with Crippen molar-refractivity contribution >= 4 is 5.91 Å². The molecule has 0 aliphatic carbocycles. The van der Waals surface area contributed by atoms with Crippen LogP contribution in [0, 0.1) is 0 Å². The van der Waals surface area contributed by atoms with Gasteiger partial charge in [0.15, 0.2) is 0 Å². The molecule has 3 nitrogen and oxygen atoms in total. The third-order valence-corrected chi connectivity index (χ3v) is 1.27. The number of amides is 1. The first-order valence-electron chi connectivity index (χ1n) is 3.51. The third-order valence-electron chi connectivity index (χ3n) is 1.27. The van der Waals surface area contributed by atoms with Crippen LogP contribution in [-0.4, -0.2) is 18.0 Å². The highest BCUT2D eigenvalue weighted by Gasteiger charge is 2.17. The van der Waals surface area contributed by atoms with Gasteiger partial charge in [-0.2, -0.15) is 0 Å². The molecular weight excluding hydrogens is 128 g/mol. The molecule has 0 aromatic rings. The van der Waals surface area contributed by atoms with Crippen molar-refractivity contribution in [1.29, 1.82) is 0 Å². The summed E-state index contributed by atoms with van der Waals surface area (Å²) in [5.74, 6) is -0.258. The second-order valence-corrected chi connectivity index (χ2v) is 3.06. The van der Waals surface area contributed by atoms with Crippen molar-refractivity contribution in [3.8, 4) is 0 Å². The fourth-order valence-corrected chi connectivity index (χ4v) is 0.977. The van der Waals surface area contributed by atoms with Crippen molar-refractivity contribution in [2.24, 2.45) is 5.73 Å². The molecule has 0 saturated heterocycles. The van der Waals surface area contributed by atoms with Crippen molar-refractivity contribution in [2.75, 3.05) is 6.54 Å². The molecule has 0 unspecified atom stereocenters. The van der Waals surface area contributed by atoms with E-state index >= 15 is 0 Å². The van der Waals surface area contributed by atoms with Crippen molar-refractivity contribution in [1.82, 2.24) is 5.32 Å². The van der Waals surface area contributed by atoms with Crippen molar-refractivity contribution in [3.63, 3.8) is 0 Å². The van der Waals surface area contributed by atoms with E-state index in [4.69, 9.17) is 5.73 Å². The summed E-state index contributed by atoms with van der Waals surface area (Å²) in [6.07, 6.45) is 0.390. The van der Waals surface area contributed by atoms with E-state index in [-0.39, 0.29) is 11.4 Å². The Morgan fingerprint density at radius 2 is 2.10 bits per heavy atom. The highest BCUT2D eigenvalue weighted by molar-refractivity contribution is 5.74. The van der Waals surface area contributed by atoms with Crippen LogP contribution in [0.15, 0.2) is 0 Å². The first-order valence-corrected chi connectivity index (χ1v) is 3.51. The summed E-state index contributed by atoms with van der Waals surface area (Å²) >= 11 is 0. The molecular formula is C7H16N2O. The van der Waals surface area contributed by atoms with Crippen LogP contribution in [0.1, 0.15) is 27.2 Å². The number of carbonyl (C=O) groups excluding carboxylic acids is 1. The number of hydrogen-bond acceptors (Lipinski definition) is 2. The average molecular weight is 144 g/mol. The fraction of sp³-hybridized carbons (Fsp3) is 0.857. The standard InChI is InChI=1S/C7H16N2O/c1-4-9-7(2,3)5-6(8)10/h9H,4-5H2,1-3H3,(H2,8,10). The van der Waals surface area contributed by atoms with Crippen LogP contribution in [0.5, 0.6) is 0 Å². The zero-order valence-corrected chi connectivity index (χ0v) is 6.90. The lowest BCUT2D eigenvalue weighted by molar-refractivity contribution is -0.119. The third kappa shape index (κ3) is 4.32. The maximum absolute atomic E-state index is 10.5. The minimum atomic E-state index is -0.258. The van der Waals surface area contributed by atoms with Crippen LogP contribution in [0.4, 0.5) is 0 Å². The van der Waals surface area contributed by atoms with Gasteiger partial charge >= 0.3 is 0 Å². The molecule has 3 heteroatoms. The van der Waals surface area contributed by atoms with Gasteiger partial charge in [0, 0.05) is 12.0 Å². The van der Waals surface area contributed by atoms with Gasteiger partial charge in [-0.3, -0.25) is 4.79 Å². The SMILES string of the molecule is CCNC(C)(C)CC(N)=O. The van der Waals surface area contributed by atoms with Gasteiger partial charge in [0.2, 0.25) is 5.91 Å². The first kappa shape index (κ1) is 9.43. The number of rotatable bonds is 4. The van der Waals surface area contributed by atoms with Crippen LogP contribution in [0.25, 0.3) is 0 Å². The van der Waals surface area contributed by atoms with E-state index in [0.717, 1.165) is 6.54 Å². The zero-order chi connectivity index (χ0) is 8.20. The predicted octanol–water partition coefficient (Wildman–Crippen LogP) is 0.250. The summed E-state index contributed by atoms with van der Waals surface area (Å²) in [6, 6.07) is 0. The van der Waals surface area contributed by atoms with Gasteiger partial charge in [-0.05, 0) is 20.4 Å². The molecule has 0 aliphatic rings. The van der Waals surface area contributed by atoms with Gasteiger partial charge in [0.25, 0.3) is 0 Å². The molecule has 1 amide bonds. The lowest BCUT2D eigenvalue weighted by atomic mass is 10.0. The van der Waals surface area contributed by atoms with Crippen molar-refractivity contribution in [3.05, 3.63) is 0 Å². The molecule has 0 fully saturated rings. The van der Waals surface area contributed by atoms with Gasteiger partial charge in [0.1, 0.15) is 0 Å². The molecule has 0 bridgehead atoms. The number of nitrogens with one attached hydrogen (secondary N) is 1. The Morgan fingerprint density at radius 1 is 1.60 bits per heavy atom. The predicted molar refractivity (Wildman–Crippen MR) is 41.6 cm³/mol. The van der Waals surface area contributed by atoms with E-state index in [1.165, 1.54) is 0 Å². The number of primary amides is 1. The fourth-order valence-electron chi connectivity index (χ4n) is 0.977. The van der Waals surface area contributed by atoms with Crippen molar-refractivity contribution < 1.29 is 4.79 Å². The molecule has 60 valence electrons. The molecule has 0 spiro atoms. The van der Waals surface area contributed by atoms with Crippen LogP contribution in [-0.2, 0) is 4.79 Å². The lowest BCUT2D eigenvalue weighted by Crippen LogP contribution is -2.42. The topological polar surface area (TPSA) is 55.1 Å². The van der Waals surface area contributed by atoms with E-state index in [0.29, 0.717) is 6.42 Å². The van der Waals surface area contributed by atoms with Gasteiger partial charge in [-0.25, -0.2) is 0 Å². The number of nitrogens with two attached hydrogens (primary N) is 1. The highest BCUT2D eigenvalue weighted by Crippen LogP contribution is 2.05. The number of hydrogen-bond donors (Lipinski definition) is 2. The first-order chi connectivity index (χ1) is 4.48. The summed E-state index contributed by atoms with van der Waals surface area (Å²) in [4.78, 5) is 10.5. The second kappa shape index (κ2) is 3.56. The highest BCUT2D eigenvalue weighted by atomic mass is 16.1. The molecule has 0 saturated carbocycles. The Bertz CT molecular complexity index is 121. The molecule has 0 rings (SSSR count). The molecule has 10 heavy (non-hydrogen) atoms. The van der Waals surface area contributed by atoms with Crippen molar-refractivity contribution in [2.45, 2.75) is 32.7 Å². The quantitative estimate of drug-likeness (QED) is 0.594. The maximum atomic E-state index is 10.5. The van der Waals surface area contributed by atoms with E-state index in [1.807, 2.05) is 20.8 Å². The molecule has 0 radical (unpaired) electrons. The largest absolute Gasteiger partial charge is 0.370 e. The molecule has 0 aromatic heterocycles. The van der Waals surface area contributed by atoms with Gasteiger partial charge in [0.05, 0.1) is 0 Å². The minimum absolute atomic E-state index is 0.152. The zero-order valence-electron chi connectivity index (χ0n) is 6.90. The smallest absolute Gasteiger partial charge is 0.219 e. The second-order valence-electron chi connectivity index (χ2n) is 3.06. The Labute approximate surface area is 62.0 Å². The molecule has 0 aliphatic heterocycles. The van der Waals surface area contributed by atoms with Crippen LogP contribution in [0.3, 0.4) is 0 Å². The number of carbonyl (C=O) groups is 1. The summed E-state index contributed by atoms with van der Waals surface area (Å²) < 4.78 is 0. The average Bonchev–Trinajstić information content (AvgIpc) is 1.59. The Hall–Kier alpha value is -0.570. The Kier molecular flexibility index (Phi) is 3.36. The summed E-state index contributed by atoms with van der Waals surface area (Å²) in [5, 5.41) is 3.15. The maximum Gasteiger partial charge on any atom is 0.219 e. The van der Waals surface area contributed by atoms with Crippen LogP contribution < -0.4 is 11.1 Å². The van der Waals surface area contributed by atoms with Crippen LogP contribution >= 0.6 is 0 Å². The van der Waals surface area contributed by atoms with E-state index in [1.54, 1.807) is 0 Å².